The lowest BCUT2D eigenvalue weighted by Gasteiger charge is -2.43. The number of rotatable bonds is 5. The zero-order valence-electron chi connectivity index (χ0n) is 14.1. The number of amides is 1. The van der Waals surface area contributed by atoms with Crippen LogP contribution in [0.25, 0.3) is 0 Å². The molecular weight excluding hydrogens is 364 g/mol. The molecule has 1 unspecified atom stereocenters. The Hall–Kier alpha value is -1.31. The van der Waals surface area contributed by atoms with Crippen molar-refractivity contribution >= 4 is 21.8 Å². The fourth-order valence-corrected chi connectivity index (χ4v) is 4.36. The molecule has 24 heavy (non-hydrogen) atoms. The lowest BCUT2D eigenvalue weighted by Crippen LogP contribution is -2.53. The first-order valence-electron chi connectivity index (χ1n) is 8.86. The molecule has 128 valence electrons. The summed E-state index contributed by atoms with van der Waals surface area (Å²) in [5, 5.41) is 3.24. The molecular formula is C20H25BrN2O. The number of nitrogens with zero attached hydrogens (tertiary/aromatic N) is 1. The second-order valence-electron chi connectivity index (χ2n) is 7.05. The summed E-state index contributed by atoms with van der Waals surface area (Å²) in [6.07, 6.45) is 12.1. The van der Waals surface area contributed by atoms with E-state index in [2.05, 4.69) is 50.3 Å². The molecule has 0 aromatic heterocycles. The van der Waals surface area contributed by atoms with Crippen molar-refractivity contribution < 1.29 is 4.79 Å². The van der Waals surface area contributed by atoms with Crippen molar-refractivity contribution in [2.75, 3.05) is 19.6 Å². The molecule has 1 saturated carbocycles. The van der Waals surface area contributed by atoms with Crippen LogP contribution in [0.15, 0.2) is 28.7 Å². The normalized spacial score (nSPS) is 23.1. The number of terminal acetylenes is 1. The van der Waals surface area contributed by atoms with Gasteiger partial charge in [-0.05, 0) is 49.9 Å². The molecule has 1 atom stereocenters. The van der Waals surface area contributed by atoms with Gasteiger partial charge in [0.2, 0.25) is 5.91 Å². The third-order valence-electron chi connectivity index (χ3n) is 5.56. The van der Waals surface area contributed by atoms with Gasteiger partial charge in [0, 0.05) is 16.4 Å². The Balaban J connectivity index is 1.65. The zero-order chi connectivity index (χ0) is 17.0. The topological polar surface area (TPSA) is 32.3 Å². The Morgan fingerprint density at radius 2 is 2.21 bits per heavy atom. The van der Waals surface area contributed by atoms with Crippen LogP contribution >= 0.6 is 15.9 Å². The molecule has 1 aromatic carbocycles. The maximum Gasteiger partial charge on any atom is 0.237 e. The molecule has 3 rings (SSSR count). The van der Waals surface area contributed by atoms with Gasteiger partial charge in [0.05, 0.1) is 12.6 Å². The second-order valence-corrected chi connectivity index (χ2v) is 7.96. The number of piperidine rings is 1. The summed E-state index contributed by atoms with van der Waals surface area (Å²) in [6, 6.07) is 8.44. The van der Waals surface area contributed by atoms with Crippen molar-refractivity contribution in [2.24, 2.45) is 0 Å². The number of hydrogen-bond acceptors (Lipinski definition) is 2. The van der Waals surface area contributed by atoms with Gasteiger partial charge in [-0.1, -0.05) is 46.8 Å². The monoisotopic (exact) mass is 388 g/mol. The predicted molar refractivity (Wildman–Crippen MR) is 101 cm³/mol. The van der Waals surface area contributed by atoms with Crippen molar-refractivity contribution in [2.45, 2.75) is 50.0 Å². The van der Waals surface area contributed by atoms with Gasteiger partial charge in [-0.3, -0.25) is 9.69 Å². The van der Waals surface area contributed by atoms with E-state index >= 15 is 0 Å². The van der Waals surface area contributed by atoms with E-state index in [0.29, 0.717) is 6.54 Å². The molecule has 1 aliphatic heterocycles. The largest absolute Gasteiger partial charge is 0.354 e. The van der Waals surface area contributed by atoms with Crippen LogP contribution in [-0.4, -0.2) is 36.5 Å². The molecule has 2 aliphatic rings. The minimum Gasteiger partial charge on any atom is -0.354 e. The third kappa shape index (κ3) is 3.68. The fraction of sp³-hybridized carbons (Fsp3) is 0.550. The van der Waals surface area contributed by atoms with Gasteiger partial charge in [-0.2, -0.15) is 0 Å². The van der Waals surface area contributed by atoms with Gasteiger partial charge in [0.15, 0.2) is 0 Å². The summed E-state index contributed by atoms with van der Waals surface area (Å²) < 4.78 is 1.10. The molecule has 1 aromatic rings. The maximum atomic E-state index is 12.7. The van der Waals surface area contributed by atoms with Crippen molar-refractivity contribution in [3.63, 3.8) is 0 Å². The maximum absolute atomic E-state index is 12.7. The van der Waals surface area contributed by atoms with Crippen LogP contribution in [0, 0.1) is 12.3 Å². The quantitative estimate of drug-likeness (QED) is 0.783. The molecule has 1 amide bonds. The first kappa shape index (κ1) is 17.5. The highest BCUT2D eigenvalue weighted by molar-refractivity contribution is 9.10. The van der Waals surface area contributed by atoms with E-state index in [0.717, 1.165) is 49.7 Å². The van der Waals surface area contributed by atoms with Gasteiger partial charge in [0.1, 0.15) is 0 Å². The highest BCUT2D eigenvalue weighted by Gasteiger charge is 2.39. The van der Waals surface area contributed by atoms with Crippen molar-refractivity contribution in [1.29, 1.82) is 0 Å². The highest BCUT2D eigenvalue weighted by atomic mass is 79.9. The number of nitrogens with one attached hydrogen (secondary N) is 1. The first-order valence-corrected chi connectivity index (χ1v) is 9.65. The van der Waals surface area contributed by atoms with E-state index in [1.54, 1.807) is 0 Å². The first-order chi connectivity index (χ1) is 11.6. The smallest absolute Gasteiger partial charge is 0.237 e. The van der Waals surface area contributed by atoms with Crippen molar-refractivity contribution in [1.82, 2.24) is 10.2 Å². The zero-order valence-corrected chi connectivity index (χ0v) is 15.6. The molecule has 4 heteroatoms. The van der Waals surface area contributed by atoms with Gasteiger partial charge in [-0.15, -0.1) is 6.42 Å². The summed E-state index contributed by atoms with van der Waals surface area (Å²) in [5.41, 5.74) is 1.43. The third-order valence-corrected chi connectivity index (χ3v) is 6.05. The molecule has 1 N–H and O–H groups in total. The van der Waals surface area contributed by atoms with Crippen molar-refractivity contribution in [3.05, 3.63) is 34.3 Å². The number of halogens is 1. The minimum atomic E-state index is -0.0607. The second kappa shape index (κ2) is 7.72. The minimum absolute atomic E-state index is 0.0607. The molecule has 0 bridgehead atoms. The number of carbonyl (C=O) groups is 1. The van der Waals surface area contributed by atoms with E-state index in [1.165, 1.54) is 12.0 Å². The molecule has 3 nitrogen and oxygen atoms in total. The van der Waals surface area contributed by atoms with Gasteiger partial charge in [0.25, 0.3) is 0 Å². The van der Waals surface area contributed by atoms with E-state index in [4.69, 9.17) is 6.42 Å². The summed E-state index contributed by atoms with van der Waals surface area (Å²) in [5.74, 6) is 2.83. The Kier molecular flexibility index (Phi) is 5.63. The summed E-state index contributed by atoms with van der Waals surface area (Å²) >= 11 is 3.56. The van der Waals surface area contributed by atoms with Gasteiger partial charge >= 0.3 is 0 Å². The van der Waals surface area contributed by atoms with Crippen molar-refractivity contribution in [3.8, 4) is 12.3 Å². The van der Waals surface area contributed by atoms with Crippen LogP contribution in [-0.2, 0) is 10.2 Å². The summed E-state index contributed by atoms with van der Waals surface area (Å²) in [4.78, 5) is 14.9. The SMILES string of the molecule is C#CCN1CCCCC1C(=O)NCC1(c2cccc(Br)c2)CCC1. The Morgan fingerprint density at radius 1 is 1.38 bits per heavy atom. The Labute approximate surface area is 153 Å². The van der Waals surface area contributed by atoms with Crippen LogP contribution in [0.3, 0.4) is 0 Å². The summed E-state index contributed by atoms with van der Waals surface area (Å²) in [6.45, 7) is 2.22. The number of carbonyl (C=O) groups excluding carboxylic acids is 1. The van der Waals surface area contributed by atoms with E-state index in [1.807, 2.05) is 6.07 Å². The highest BCUT2D eigenvalue weighted by Crippen LogP contribution is 2.43. The van der Waals surface area contributed by atoms with Gasteiger partial charge in [-0.25, -0.2) is 0 Å². The molecule has 2 fully saturated rings. The summed E-state index contributed by atoms with van der Waals surface area (Å²) in [7, 11) is 0. The van der Waals surface area contributed by atoms with Crippen LogP contribution in [0.1, 0.15) is 44.1 Å². The standard InChI is InChI=1S/C20H25BrN2O/c1-2-12-23-13-4-3-9-18(23)19(24)22-15-20(10-6-11-20)16-7-5-8-17(21)14-16/h1,5,7-8,14,18H,3-4,6,9-13,15H2,(H,22,24). The average molecular weight is 389 g/mol. The van der Waals surface area contributed by atoms with Gasteiger partial charge < -0.3 is 5.32 Å². The Bertz CT molecular complexity index is 633. The lowest BCUT2D eigenvalue weighted by atomic mass is 9.64. The molecule has 0 radical (unpaired) electrons. The lowest BCUT2D eigenvalue weighted by molar-refractivity contribution is -0.127. The predicted octanol–water partition coefficient (Wildman–Crippen LogP) is 3.47. The Morgan fingerprint density at radius 3 is 2.88 bits per heavy atom. The number of hydrogen-bond donors (Lipinski definition) is 1. The number of likely N-dealkylation sites (tertiary alicyclic amines) is 1. The van der Waals surface area contributed by atoms with Crippen LogP contribution in [0.2, 0.25) is 0 Å². The van der Waals surface area contributed by atoms with E-state index in [-0.39, 0.29) is 17.4 Å². The van der Waals surface area contributed by atoms with E-state index < -0.39 is 0 Å². The fourth-order valence-electron chi connectivity index (χ4n) is 3.96. The van der Waals surface area contributed by atoms with Crippen LogP contribution in [0.4, 0.5) is 0 Å². The van der Waals surface area contributed by atoms with E-state index in [9.17, 15) is 4.79 Å². The average Bonchev–Trinajstić information content (AvgIpc) is 2.54. The number of benzene rings is 1. The molecule has 1 saturated heterocycles. The van der Waals surface area contributed by atoms with Crippen LogP contribution in [0.5, 0.6) is 0 Å². The molecule has 1 aliphatic carbocycles. The molecule has 1 heterocycles. The van der Waals surface area contributed by atoms with Crippen LogP contribution < -0.4 is 5.32 Å². The molecule has 0 spiro atoms.